The lowest BCUT2D eigenvalue weighted by atomic mass is 10.1. The summed E-state index contributed by atoms with van der Waals surface area (Å²) in [6.45, 7) is 2.03. The van der Waals surface area contributed by atoms with Gasteiger partial charge in [-0.25, -0.2) is 4.98 Å². The SMILES string of the molecule is CC[C@H](NC(=O)c1cncn1C)c1cnn(C)c1. The van der Waals surface area contributed by atoms with Crippen LogP contribution in [-0.4, -0.2) is 25.2 Å². The number of rotatable bonds is 4. The maximum absolute atomic E-state index is 12.1. The van der Waals surface area contributed by atoms with Crippen molar-refractivity contribution in [2.75, 3.05) is 0 Å². The molecule has 2 rings (SSSR count). The van der Waals surface area contributed by atoms with Crippen LogP contribution in [0, 0.1) is 0 Å². The molecule has 2 aromatic heterocycles. The maximum atomic E-state index is 12.1. The molecule has 0 saturated heterocycles. The summed E-state index contributed by atoms with van der Waals surface area (Å²) in [7, 11) is 3.66. The Morgan fingerprint density at radius 1 is 1.44 bits per heavy atom. The van der Waals surface area contributed by atoms with E-state index in [1.54, 1.807) is 35.0 Å². The average molecular weight is 247 g/mol. The highest BCUT2D eigenvalue weighted by Gasteiger charge is 2.17. The Labute approximate surface area is 106 Å². The van der Waals surface area contributed by atoms with E-state index in [2.05, 4.69) is 15.4 Å². The zero-order chi connectivity index (χ0) is 13.1. The highest BCUT2D eigenvalue weighted by molar-refractivity contribution is 5.92. The highest BCUT2D eigenvalue weighted by Crippen LogP contribution is 2.16. The van der Waals surface area contributed by atoms with Crippen LogP contribution >= 0.6 is 0 Å². The third-order valence-electron chi connectivity index (χ3n) is 2.89. The van der Waals surface area contributed by atoms with Gasteiger partial charge in [-0.15, -0.1) is 0 Å². The lowest BCUT2D eigenvalue weighted by molar-refractivity contribution is 0.0927. The van der Waals surface area contributed by atoms with Crippen LogP contribution in [0.15, 0.2) is 24.9 Å². The van der Waals surface area contributed by atoms with Gasteiger partial charge < -0.3 is 9.88 Å². The first-order valence-corrected chi connectivity index (χ1v) is 5.87. The van der Waals surface area contributed by atoms with Gasteiger partial charge in [-0.2, -0.15) is 5.10 Å². The minimum atomic E-state index is -0.120. The molecule has 1 amide bonds. The van der Waals surface area contributed by atoms with Crippen LogP contribution in [-0.2, 0) is 14.1 Å². The van der Waals surface area contributed by atoms with E-state index in [0.717, 1.165) is 12.0 Å². The minimum absolute atomic E-state index is 0.0268. The number of amides is 1. The molecule has 2 aromatic rings. The summed E-state index contributed by atoms with van der Waals surface area (Å²) in [5, 5.41) is 7.11. The fraction of sp³-hybridized carbons (Fsp3) is 0.417. The second-order valence-electron chi connectivity index (χ2n) is 4.27. The summed E-state index contributed by atoms with van der Waals surface area (Å²) < 4.78 is 3.43. The number of aryl methyl sites for hydroxylation is 2. The second-order valence-corrected chi connectivity index (χ2v) is 4.27. The third-order valence-corrected chi connectivity index (χ3v) is 2.89. The molecule has 2 heterocycles. The van der Waals surface area contributed by atoms with Crippen molar-refractivity contribution in [2.24, 2.45) is 14.1 Å². The topological polar surface area (TPSA) is 64.7 Å². The van der Waals surface area contributed by atoms with Gasteiger partial charge in [-0.05, 0) is 6.42 Å². The van der Waals surface area contributed by atoms with Gasteiger partial charge in [0.1, 0.15) is 5.69 Å². The second kappa shape index (κ2) is 5.03. The van der Waals surface area contributed by atoms with E-state index in [-0.39, 0.29) is 11.9 Å². The summed E-state index contributed by atoms with van der Waals surface area (Å²) in [4.78, 5) is 16.0. The van der Waals surface area contributed by atoms with Crippen molar-refractivity contribution in [1.29, 1.82) is 0 Å². The molecule has 96 valence electrons. The van der Waals surface area contributed by atoms with Gasteiger partial charge in [0.2, 0.25) is 0 Å². The first-order valence-electron chi connectivity index (χ1n) is 5.87. The summed E-state index contributed by atoms with van der Waals surface area (Å²) in [6.07, 6.45) is 7.68. The summed E-state index contributed by atoms with van der Waals surface area (Å²) in [6, 6.07) is -0.0268. The van der Waals surface area contributed by atoms with Gasteiger partial charge >= 0.3 is 0 Å². The third kappa shape index (κ3) is 2.42. The average Bonchev–Trinajstić information content (AvgIpc) is 2.94. The summed E-state index contributed by atoms with van der Waals surface area (Å²) >= 11 is 0. The molecule has 0 unspecified atom stereocenters. The molecule has 0 aliphatic carbocycles. The summed E-state index contributed by atoms with van der Waals surface area (Å²) in [5.41, 5.74) is 1.56. The van der Waals surface area contributed by atoms with Crippen LogP contribution in [0.5, 0.6) is 0 Å². The van der Waals surface area contributed by atoms with E-state index in [4.69, 9.17) is 0 Å². The number of nitrogens with zero attached hydrogens (tertiary/aromatic N) is 4. The zero-order valence-corrected chi connectivity index (χ0v) is 10.8. The number of carbonyl (C=O) groups is 1. The Balaban J connectivity index is 2.12. The van der Waals surface area contributed by atoms with E-state index in [9.17, 15) is 4.79 Å². The Kier molecular flexibility index (Phi) is 3.45. The molecule has 0 bridgehead atoms. The minimum Gasteiger partial charge on any atom is -0.344 e. The normalized spacial score (nSPS) is 12.4. The van der Waals surface area contributed by atoms with Gasteiger partial charge in [-0.3, -0.25) is 9.48 Å². The van der Waals surface area contributed by atoms with Crippen molar-refractivity contribution >= 4 is 5.91 Å². The first-order chi connectivity index (χ1) is 8.61. The molecule has 1 atom stereocenters. The van der Waals surface area contributed by atoms with E-state index >= 15 is 0 Å². The number of hydrogen-bond donors (Lipinski definition) is 1. The van der Waals surface area contributed by atoms with E-state index in [1.807, 2.05) is 20.2 Å². The van der Waals surface area contributed by atoms with Gasteiger partial charge in [0.25, 0.3) is 5.91 Å². The molecule has 6 nitrogen and oxygen atoms in total. The fourth-order valence-corrected chi connectivity index (χ4v) is 1.85. The first kappa shape index (κ1) is 12.3. The molecule has 0 aliphatic heterocycles. The predicted octanol–water partition coefficient (Wildman–Crippen LogP) is 1.03. The number of carbonyl (C=O) groups excluding carboxylic acids is 1. The molecule has 1 N–H and O–H groups in total. The molecule has 18 heavy (non-hydrogen) atoms. The van der Waals surface area contributed by atoms with Crippen LogP contribution in [0.4, 0.5) is 0 Å². The molecular weight excluding hydrogens is 230 g/mol. The Bertz CT molecular complexity index is 542. The Morgan fingerprint density at radius 2 is 2.22 bits per heavy atom. The molecule has 0 spiro atoms. The lowest BCUT2D eigenvalue weighted by Crippen LogP contribution is -2.29. The van der Waals surface area contributed by atoms with Crippen molar-refractivity contribution in [2.45, 2.75) is 19.4 Å². The van der Waals surface area contributed by atoms with Crippen LogP contribution in [0.25, 0.3) is 0 Å². The van der Waals surface area contributed by atoms with E-state index in [1.165, 1.54) is 0 Å². The Hall–Kier alpha value is -2.11. The monoisotopic (exact) mass is 247 g/mol. The van der Waals surface area contributed by atoms with Gasteiger partial charge in [0, 0.05) is 25.9 Å². The maximum Gasteiger partial charge on any atom is 0.270 e. The zero-order valence-electron chi connectivity index (χ0n) is 10.8. The quantitative estimate of drug-likeness (QED) is 0.877. The standard InChI is InChI=1S/C12H17N5O/c1-4-10(9-5-14-17(3)7-9)15-12(18)11-6-13-8-16(11)2/h5-8,10H,4H2,1-3H3,(H,15,18)/t10-/m0/s1. The van der Waals surface area contributed by atoms with Crippen molar-refractivity contribution in [1.82, 2.24) is 24.6 Å². The number of imidazole rings is 1. The van der Waals surface area contributed by atoms with Crippen molar-refractivity contribution < 1.29 is 4.79 Å². The smallest absolute Gasteiger partial charge is 0.270 e. The van der Waals surface area contributed by atoms with Crippen molar-refractivity contribution in [3.8, 4) is 0 Å². The highest BCUT2D eigenvalue weighted by atomic mass is 16.2. The molecule has 0 aromatic carbocycles. The molecule has 0 radical (unpaired) electrons. The predicted molar refractivity (Wildman–Crippen MR) is 66.9 cm³/mol. The lowest BCUT2D eigenvalue weighted by Gasteiger charge is -2.15. The number of aromatic nitrogens is 4. The van der Waals surface area contributed by atoms with E-state index < -0.39 is 0 Å². The molecule has 0 fully saturated rings. The van der Waals surface area contributed by atoms with Crippen LogP contribution in [0.1, 0.15) is 35.4 Å². The van der Waals surface area contributed by atoms with Crippen molar-refractivity contribution in [3.63, 3.8) is 0 Å². The fourth-order valence-electron chi connectivity index (χ4n) is 1.85. The van der Waals surface area contributed by atoms with Gasteiger partial charge in [-0.1, -0.05) is 6.92 Å². The number of hydrogen-bond acceptors (Lipinski definition) is 3. The summed E-state index contributed by atoms with van der Waals surface area (Å²) in [5.74, 6) is -0.120. The molecule has 6 heteroatoms. The largest absolute Gasteiger partial charge is 0.344 e. The van der Waals surface area contributed by atoms with Gasteiger partial charge in [0.05, 0.1) is 24.8 Å². The molecule has 0 saturated carbocycles. The van der Waals surface area contributed by atoms with Crippen molar-refractivity contribution in [3.05, 3.63) is 36.2 Å². The molecule has 0 aliphatic rings. The van der Waals surface area contributed by atoms with Crippen LogP contribution < -0.4 is 5.32 Å². The Morgan fingerprint density at radius 3 is 2.72 bits per heavy atom. The van der Waals surface area contributed by atoms with Gasteiger partial charge in [0.15, 0.2) is 0 Å². The van der Waals surface area contributed by atoms with E-state index in [0.29, 0.717) is 5.69 Å². The number of nitrogens with one attached hydrogen (secondary N) is 1. The van der Waals surface area contributed by atoms with Crippen LogP contribution in [0.3, 0.4) is 0 Å². The van der Waals surface area contributed by atoms with Crippen LogP contribution in [0.2, 0.25) is 0 Å². The molecular formula is C12H17N5O.